The third-order valence-corrected chi connectivity index (χ3v) is 5.11. The molecule has 0 atom stereocenters. The van der Waals surface area contributed by atoms with Crippen molar-refractivity contribution < 1.29 is 13.9 Å². The van der Waals surface area contributed by atoms with Crippen LogP contribution >= 0.6 is 0 Å². The number of anilines is 2. The quantitative estimate of drug-likeness (QED) is 0.357. The summed E-state index contributed by atoms with van der Waals surface area (Å²) in [5.41, 5.74) is 2.93. The molecule has 0 radical (unpaired) electrons. The van der Waals surface area contributed by atoms with Gasteiger partial charge in [0.25, 0.3) is 5.89 Å². The molecule has 8 nitrogen and oxygen atoms in total. The second kappa shape index (κ2) is 8.51. The van der Waals surface area contributed by atoms with Crippen LogP contribution in [-0.4, -0.2) is 33.1 Å². The van der Waals surface area contributed by atoms with E-state index < -0.39 is 0 Å². The highest BCUT2D eigenvalue weighted by molar-refractivity contribution is 5.95. The summed E-state index contributed by atoms with van der Waals surface area (Å²) in [4.78, 5) is 20.8. The van der Waals surface area contributed by atoms with Crippen molar-refractivity contribution in [2.75, 3.05) is 12.4 Å². The first-order valence-electron chi connectivity index (χ1n) is 10.2. The molecule has 0 amide bonds. The molecule has 0 bridgehead atoms. The number of nitrogens with one attached hydrogen (secondary N) is 1. The molecule has 2 heterocycles. The van der Waals surface area contributed by atoms with Crippen molar-refractivity contribution in [2.45, 2.75) is 6.92 Å². The fourth-order valence-corrected chi connectivity index (χ4v) is 3.36. The van der Waals surface area contributed by atoms with Crippen molar-refractivity contribution in [1.82, 2.24) is 20.2 Å². The minimum absolute atomic E-state index is 0.0142. The Morgan fingerprint density at radius 2 is 1.61 bits per heavy atom. The van der Waals surface area contributed by atoms with Crippen LogP contribution in [0, 0.1) is 0 Å². The Morgan fingerprint density at radius 1 is 0.879 bits per heavy atom. The predicted octanol–water partition coefficient (Wildman–Crippen LogP) is 5.30. The van der Waals surface area contributed by atoms with E-state index in [1.54, 1.807) is 19.2 Å². The number of nitrogens with zero attached hydrogens (tertiary/aromatic N) is 4. The van der Waals surface area contributed by atoms with Crippen LogP contribution in [0.2, 0.25) is 0 Å². The number of hydrogen-bond donors (Lipinski definition) is 1. The Labute approximate surface area is 189 Å². The van der Waals surface area contributed by atoms with Crippen LogP contribution in [0.25, 0.3) is 34.1 Å². The fraction of sp³-hybridized carbons (Fsp3) is 0.0800. The fourth-order valence-electron chi connectivity index (χ4n) is 3.36. The molecule has 0 aliphatic heterocycles. The van der Waals surface area contributed by atoms with Crippen LogP contribution in [0.15, 0.2) is 77.2 Å². The van der Waals surface area contributed by atoms with Gasteiger partial charge in [0.2, 0.25) is 11.7 Å². The summed E-state index contributed by atoms with van der Waals surface area (Å²) in [6.07, 6.45) is 0. The number of para-hydroxylation sites is 1. The highest BCUT2D eigenvalue weighted by Crippen LogP contribution is 2.29. The van der Waals surface area contributed by atoms with E-state index in [1.165, 1.54) is 6.92 Å². The third kappa shape index (κ3) is 4.14. The topological polar surface area (TPSA) is 103 Å². The molecular weight excluding hydrogens is 418 g/mol. The number of aromatic nitrogens is 4. The zero-order valence-electron chi connectivity index (χ0n) is 17.9. The van der Waals surface area contributed by atoms with E-state index in [9.17, 15) is 4.79 Å². The number of methoxy groups -OCH3 is 1. The molecule has 2 aromatic heterocycles. The zero-order valence-corrected chi connectivity index (χ0v) is 17.9. The summed E-state index contributed by atoms with van der Waals surface area (Å²) in [5.74, 6) is 2.23. The van der Waals surface area contributed by atoms with Gasteiger partial charge in [-0.3, -0.25) is 4.79 Å². The lowest BCUT2D eigenvalue weighted by Gasteiger charge is -2.10. The van der Waals surface area contributed by atoms with Gasteiger partial charge in [-0.05, 0) is 67.6 Å². The molecule has 5 rings (SSSR count). The summed E-state index contributed by atoms with van der Waals surface area (Å²) in [6, 6.07) is 22.2. The number of carbonyl (C=O) groups is 1. The SMILES string of the molecule is COc1ccc(-c2nnc(-c3nc(Nc4ccc(C(C)=O)cc4)c4ccccc4n3)o2)cc1. The van der Waals surface area contributed by atoms with Crippen molar-refractivity contribution in [1.29, 1.82) is 0 Å². The number of benzene rings is 3. The highest BCUT2D eigenvalue weighted by atomic mass is 16.5. The first-order valence-corrected chi connectivity index (χ1v) is 10.2. The molecule has 0 aliphatic carbocycles. The summed E-state index contributed by atoms with van der Waals surface area (Å²) in [6.45, 7) is 1.54. The Kier molecular flexibility index (Phi) is 5.24. The van der Waals surface area contributed by atoms with Crippen molar-refractivity contribution in [3.63, 3.8) is 0 Å². The minimum Gasteiger partial charge on any atom is -0.497 e. The van der Waals surface area contributed by atoms with Gasteiger partial charge in [-0.25, -0.2) is 9.97 Å². The summed E-state index contributed by atoms with van der Waals surface area (Å²) in [5, 5.41) is 12.4. The molecular formula is C25H19N5O3. The van der Waals surface area contributed by atoms with Crippen LogP contribution in [0.4, 0.5) is 11.5 Å². The molecule has 0 unspecified atom stereocenters. The molecule has 8 heteroatoms. The van der Waals surface area contributed by atoms with Gasteiger partial charge in [-0.1, -0.05) is 12.1 Å². The van der Waals surface area contributed by atoms with E-state index in [1.807, 2.05) is 60.7 Å². The Bertz CT molecular complexity index is 1440. The second-order valence-corrected chi connectivity index (χ2v) is 7.31. The van der Waals surface area contributed by atoms with Gasteiger partial charge in [-0.15, -0.1) is 10.2 Å². The lowest BCUT2D eigenvalue weighted by atomic mass is 10.1. The second-order valence-electron chi connectivity index (χ2n) is 7.31. The standard InChI is InChI=1S/C25H19N5O3/c1-15(31)16-7-11-18(12-8-16)26-22-20-5-3-4-6-21(20)27-23(28-22)25-30-29-24(33-25)17-9-13-19(32-2)14-10-17/h3-14H,1-2H3,(H,26,27,28). The average Bonchev–Trinajstić information content (AvgIpc) is 3.35. The number of fused-ring (bicyclic) bond motifs is 1. The van der Waals surface area contributed by atoms with Gasteiger partial charge in [-0.2, -0.15) is 0 Å². The molecule has 0 saturated carbocycles. The predicted molar refractivity (Wildman–Crippen MR) is 125 cm³/mol. The van der Waals surface area contributed by atoms with Crippen molar-refractivity contribution in [3.8, 4) is 28.9 Å². The summed E-state index contributed by atoms with van der Waals surface area (Å²) < 4.78 is 11.1. The van der Waals surface area contributed by atoms with Crippen LogP contribution in [0.5, 0.6) is 5.75 Å². The molecule has 0 saturated heterocycles. The molecule has 3 aromatic carbocycles. The molecule has 5 aromatic rings. The Hall–Kier alpha value is -4.59. The van der Waals surface area contributed by atoms with Gasteiger partial charge in [0, 0.05) is 22.2 Å². The zero-order chi connectivity index (χ0) is 22.8. The monoisotopic (exact) mass is 437 g/mol. The maximum Gasteiger partial charge on any atom is 0.286 e. The average molecular weight is 437 g/mol. The van der Waals surface area contributed by atoms with Crippen LogP contribution in [0.3, 0.4) is 0 Å². The number of Topliss-reactive ketones (excluding diaryl/α,β-unsaturated/α-hetero) is 1. The summed E-state index contributed by atoms with van der Waals surface area (Å²) in [7, 11) is 1.61. The van der Waals surface area contributed by atoms with Gasteiger partial charge in [0.1, 0.15) is 11.6 Å². The van der Waals surface area contributed by atoms with Crippen molar-refractivity contribution >= 4 is 28.2 Å². The first-order chi connectivity index (χ1) is 16.1. The normalized spacial score (nSPS) is 10.8. The van der Waals surface area contributed by atoms with Gasteiger partial charge in [0.15, 0.2) is 5.78 Å². The van der Waals surface area contributed by atoms with E-state index in [-0.39, 0.29) is 11.7 Å². The highest BCUT2D eigenvalue weighted by Gasteiger charge is 2.16. The Balaban J connectivity index is 1.51. The van der Waals surface area contributed by atoms with Crippen molar-refractivity contribution in [3.05, 3.63) is 78.4 Å². The molecule has 162 valence electrons. The van der Waals surface area contributed by atoms with E-state index >= 15 is 0 Å². The van der Waals surface area contributed by atoms with Crippen LogP contribution < -0.4 is 10.1 Å². The van der Waals surface area contributed by atoms with Gasteiger partial charge >= 0.3 is 0 Å². The van der Waals surface area contributed by atoms with E-state index in [2.05, 4.69) is 25.5 Å². The lowest BCUT2D eigenvalue weighted by Crippen LogP contribution is -2.00. The molecule has 0 aliphatic rings. The number of carbonyl (C=O) groups excluding carboxylic acids is 1. The summed E-state index contributed by atoms with van der Waals surface area (Å²) >= 11 is 0. The van der Waals surface area contributed by atoms with E-state index in [0.29, 0.717) is 23.1 Å². The van der Waals surface area contributed by atoms with E-state index in [0.717, 1.165) is 27.9 Å². The number of ketones is 1. The maximum absolute atomic E-state index is 11.6. The molecule has 0 fully saturated rings. The van der Waals surface area contributed by atoms with Crippen molar-refractivity contribution in [2.24, 2.45) is 0 Å². The van der Waals surface area contributed by atoms with Crippen LogP contribution in [0.1, 0.15) is 17.3 Å². The maximum atomic E-state index is 11.6. The van der Waals surface area contributed by atoms with E-state index in [4.69, 9.17) is 9.15 Å². The van der Waals surface area contributed by atoms with Crippen LogP contribution in [-0.2, 0) is 0 Å². The first kappa shape index (κ1) is 20.3. The third-order valence-electron chi connectivity index (χ3n) is 5.11. The number of rotatable bonds is 6. The lowest BCUT2D eigenvalue weighted by molar-refractivity contribution is 0.101. The molecule has 0 spiro atoms. The van der Waals surface area contributed by atoms with Gasteiger partial charge < -0.3 is 14.5 Å². The Morgan fingerprint density at radius 3 is 2.33 bits per heavy atom. The number of hydrogen-bond acceptors (Lipinski definition) is 8. The molecule has 1 N–H and O–H groups in total. The number of ether oxygens (including phenoxy) is 1. The molecule has 33 heavy (non-hydrogen) atoms. The smallest absolute Gasteiger partial charge is 0.286 e. The van der Waals surface area contributed by atoms with Gasteiger partial charge in [0.05, 0.1) is 12.6 Å². The largest absolute Gasteiger partial charge is 0.497 e. The minimum atomic E-state index is 0.0142.